The summed E-state index contributed by atoms with van der Waals surface area (Å²) in [6.45, 7) is 1.12. The highest BCUT2D eigenvalue weighted by Crippen LogP contribution is 2.17. The quantitative estimate of drug-likeness (QED) is 0.772. The Balaban J connectivity index is 2.77. The van der Waals surface area contributed by atoms with Crippen molar-refractivity contribution in [2.75, 3.05) is 20.2 Å². The molecule has 1 aromatic carbocycles. The predicted octanol–water partition coefficient (Wildman–Crippen LogP) is 0.567. The van der Waals surface area contributed by atoms with Crippen molar-refractivity contribution < 1.29 is 18.3 Å². The molecule has 112 valence electrons. The van der Waals surface area contributed by atoms with Crippen molar-refractivity contribution in [2.45, 2.75) is 17.9 Å². The zero-order chi connectivity index (χ0) is 15.3. The van der Waals surface area contributed by atoms with Crippen LogP contribution in [0.15, 0.2) is 33.6 Å². The van der Waals surface area contributed by atoms with Crippen LogP contribution in [0.2, 0.25) is 0 Å². The van der Waals surface area contributed by atoms with E-state index in [9.17, 15) is 13.2 Å². The Morgan fingerprint density at radius 1 is 1.40 bits per heavy atom. The lowest BCUT2D eigenvalue weighted by atomic mass is 10.3. The van der Waals surface area contributed by atoms with Gasteiger partial charge in [0.1, 0.15) is 0 Å². The number of carbonyl (C=O) groups is 1. The van der Waals surface area contributed by atoms with Crippen molar-refractivity contribution in [3.05, 3.63) is 28.7 Å². The molecule has 2 N–H and O–H groups in total. The fourth-order valence-electron chi connectivity index (χ4n) is 1.44. The van der Waals surface area contributed by atoms with E-state index in [4.69, 9.17) is 5.11 Å². The summed E-state index contributed by atoms with van der Waals surface area (Å²) >= 11 is 3.23. The number of rotatable bonds is 6. The van der Waals surface area contributed by atoms with Gasteiger partial charge in [-0.3, -0.25) is 4.79 Å². The molecule has 0 saturated heterocycles. The summed E-state index contributed by atoms with van der Waals surface area (Å²) in [6.07, 6.45) is 0. The van der Waals surface area contributed by atoms with E-state index >= 15 is 0 Å². The number of benzene rings is 1. The summed E-state index contributed by atoms with van der Waals surface area (Å²) in [5, 5.41) is 11.3. The Kier molecular flexibility index (Phi) is 6.12. The van der Waals surface area contributed by atoms with E-state index in [2.05, 4.69) is 21.2 Å². The van der Waals surface area contributed by atoms with E-state index in [1.165, 1.54) is 19.2 Å². The van der Waals surface area contributed by atoms with Crippen LogP contribution in [-0.4, -0.2) is 50.0 Å². The monoisotopic (exact) mass is 364 g/mol. The molecule has 0 bridgehead atoms. The van der Waals surface area contributed by atoms with Gasteiger partial charge < -0.3 is 10.4 Å². The normalized spacial score (nSPS) is 13.2. The van der Waals surface area contributed by atoms with E-state index in [0.29, 0.717) is 0 Å². The summed E-state index contributed by atoms with van der Waals surface area (Å²) in [4.78, 5) is 11.7. The molecule has 8 heteroatoms. The van der Waals surface area contributed by atoms with Crippen LogP contribution in [0.1, 0.15) is 6.92 Å². The van der Waals surface area contributed by atoms with Crippen molar-refractivity contribution in [2.24, 2.45) is 0 Å². The second kappa shape index (κ2) is 7.16. The Morgan fingerprint density at radius 2 is 1.95 bits per heavy atom. The maximum absolute atomic E-state index is 12.2. The molecule has 1 unspecified atom stereocenters. The molecule has 0 aliphatic carbocycles. The predicted molar refractivity (Wildman–Crippen MR) is 78.6 cm³/mol. The SMILES string of the molecule is CC(CO)NC(=O)CN(C)S(=O)(=O)c1ccc(Br)cc1. The van der Waals surface area contributed by atoms with Crippen LogP contribution < -0.4 is 5.32 Å². The number of hydrogen-bond donors (Lipinski definition) is 2. The molecule has 0 saturated carbocycles. The maximum Gasteiger partial charge on any atom is 0.243 e. The van der Waals surface area contributed by atoms with Gasteiger partial charge in [-0.25, -0.2) is 8.42 Å². The highest BCUT2D eigenvalue weighted by Gasteiger charge is 2.23. The van der Waals surface area contributed by atoms with E-state index in [1.54, 1.807) is 19.1 Å². The zero-order valence-electron chi connectivity index (χ0n) is 11.2. The molecular weight excluding hydrogens is 348 g/mol. The molecule has 1 amide bonds. The fraction of sp³-hybridized carbons (Fsp3) is 0.417. The van der Waals surface area contributed by atoms with E-state index in [1.807, 2.05) is 0 Å². The lowest BCUT2D eigenvalue weighted by Crippen LogP contribution is -2.42. The van der Waals surface area contributed by atoms with Crippen LogP contribution in [-0.2, 0) is 14.8 Å². The van der Waals surface area contributed by atoms with Gasteiger partial charge in [-0.1, -0.05) is 15.9 Å². The first kappa shape index (κ1) is 17.1. The minimum Gasteiger partial charge on any atom is -0.394 e. The average molecular weight is 365 g/mol. The number of aliphatic hydroxyl groups excluding tert-OH is 1. The molecule has 0 spiro atoms. The highest BCUT2D eigenvalue weighted by atomic mass is 79.9. The number of likely N-dealkylation sites (N-methyl/N-ethyl adjacent to an activating group) is 1. The number of halogens is 1. The van der Waals surface area contributed by atoms with Crippen molar-refractivity contribution in [3.63, 3.8) is 0 Å². The summed E-state index contributed by atoms with van der Waals surface area (Å²) in [6, 6.07) is 5.75. The van der Waals surface area contributed by atoms with Gasteiger partial charge >= 0.3 is 0 Å². The first-order chi connectivity index (χ1) is 9.27. The number of carbonyl (C=O) groups excluding carboxylic acids is 1. The van der Waals surface area contributed by atoms with Crippen LogP contribution in [0.3, 0.4) is 0 Å². The summed E-state index contributed by atoms with van der Waals surface area (Å²) in [7, 11) is -2.37. The summed E-state index contributed by atoms with van der Waals surface area (Å²) in [5.41, 5.74) is 0. The zero-order valence-corrected chi connectivity index (χ0v) is 13.6. The van der Waals surface area contributed by atoms with Gasteiger partial charge in [0.05, 0.1) is 18.0 Å². The van der Waals surface area contributed by atoms with Crippen LogP contribution >= 0.6 is 15.9 Å². The largest absolute Gasteiger partial charge is 0.394 e. The molecule has 0 heterocycles. The summed E-state index contributed by atoms with van der Waals surface area (Å²) < 4.78 is 26.2. The molecule has 0 radical (unpaired) electrons. The molecule has 20 heavy (non-hydrogen) atoms. The Labute approximate surface area is 127 Å². The molecule has 1 aromatic rings. The maximum atomic E-state index is 12.2. The molecule has 0 fully saturated rings. The lowest BCUT2D eigenvalue weighted by Gasteiger charge is -2.18. The van der Waals surface area contributed by atoms with Gasteiger partial charge in [0.15, 0.2) is 0 Å². The fourth-order valence-corrected chi connectivity index (χ4v) is 2.83. The third-order valence-corrected chi connectivity index (χ3v) is 4.92. The minimum atomic E-state index is -3.70. The standard InChI is InChI=1S/C12H17BrN2O4S/c1-9(8-16)14-12(17)7-15(2)20(18,19)11-5-3-10(13)4-6-11/h3-6,9,16H,7-8H2,1-2H3,(H,14,17). The molecule has 6 nitrogen and oxygen atoms in total. The van der Waals surface area contributed by atoms with Crippen molar-refractivity contribution in [3.8, 4) is 0 Å². The molecule has 0 aromatic heterocycles. The average Bonchev–Trinajstić information content (AvgIpc) is 2.38. The van der Waals surface area contributed by atoms with Gasteiger partial charge in [-0.05, 0) is 31.2 Å². The second-order valence-electron chi connectivity index (χ2n) is 4.37. The Bertz CT molecular complexity index is 559. The molecule has 0 aliphatic heterocycles. The number of sulfonamides is 1. The van der Waals surface area contributed by atoms with Crippen LogP contribution in [0.5, 0.6) is 0 Å². The topological polar surface area (TPSA) is 86.7 Å². The van der Waals surface area contributed by atoms with Gasteiger partial charge in [0.25, 0.3) is 0 Å². The van der Waals surface area contributed by atoms with Gasteiger partial charge in [0.2, 0.25) is 15.9 Å². The van der Waals surface area contributed by atoms with Crippen molar-refractivity contribution >= 4 is 31.9 Å². The Hall–Kier alpha value is -0.960. The molecule has 1 atom stereocenters. The Morgan fingerprint density at radius 3 is 2.45 bits per heavy atom. The molecule has 0 aliphatic rings. The summed E-state index contributed by atoms with van der Waals surface area (Å²) in [5.74, 6) is -0.463. The molecule has 1 rings (SSSR count). The van der Waals surface area contributed by atoms with Crippen LogP contribution in [0, 0.1) is 0 Å². The van der Waals surface area contributed by atoms with Crippen molar-refractivity contribution in [1.29, 1.82) is 0 Å². The second-order valence-corrected chi connectivity index (χ2v) is 7.33. The van der Waals surface area contributed by atoms with Crippen LogP contribution in [0.25, 0.3) is 0 Å². The van der Waals surface area contributed by atoms with E-state index in [-0.39, 0.29) is 18.0 Å². The van der Waals surface area contributed by atoms with Crippen LogP contribution in [0.4, 0.5) is 0 Å². The third-order valence-electron chi connectivity index (χ3n) is 2.57. The van der Waals surface area contributed by atoms with E-state index in [0.717, 1.165) is 8.78 Å². The number of hydrogen-bond acceptors (Lipinski definition) is 4. The third kappa shape index (κ3) is 4.55. The number of nitrogens with zero attached hydrogens (tertiary/aromatic N) is 1. The smallest absolute Gasteiger partial charge is 0.243 e. The number of aliphatic hydroxyl groups is 1. The highest BCUT2D eigenvalue weighted by molar-refractivity contribution is 9.10. The number of nitrogens with one attached hydrogen (secondary N) is 1. The van der Waals surface area contributed by atoms with Crippen molar-refractivity contribution in [1.82, 2.24) is 9.62 Å². The van der Waals surface area contributed by atoms with Gasteiger partial charge in [0, 0.05) is 17.6 Å². The van der Waals surface area contributed by atoms with E-state index < -0.39 is 22.0 Å². The first-order valence-corrected chi connectivity index (χ1v) is 8.13. The molecular formula is C12H17BrN2O4S. The van der Waals surface area contributed by atoms with Gasteiger partial charge in [-0.15, -0.1) is 0 Å². The number of amides is 1. The lowest BCUT2D eigenvalue weighted by molar-refractivity contribution is -0.122. The van der Waals surface area contributed by atoms with Gasteiger partial charge in [-0.2, -0.15) is 4.31 Å². The first-order valence-electron chi connectivity index (χ1n) is 5.89. The minimum absolute atomic E-state index is 0.117.